The van der Waals surface area contributed by atoms with Gasteiger partial charge in [0.05, 0.1) is 45.0 Å². The quantitative estimate of drug-likeness (QED) is 0.106. The van der Waals surface area contributed by atoms with Crippen LogP contribution in [0.15, 0.2) is 292 Å². The first-order valence-corrected chi connectivity index (χ1v) is 29.5. The molecule has 0 fully saturated rings. The summed E-state index contributed by atoms with van der Waals surface area (Å²) in [5.74, 6) is 0. The van der Waals surface area contributed by atoms with Gasteiger partial charge in [0, 0.05) is 101 Å². The zero-order chi connectivity index (χ0) is 57.0. The molecule has 0 unspecified atom stereocenters. The number of pyridine rings is 3. The summed E-state index contributed by atoms with van der Waals surface area (Å²) in [5.41, 5.74) is 17.1. The molecule has 0 atom stereocenters. The monoisotopic (exact) mass is 1100 g/mol. The summed E-state index contributed by atoms with van der Waals surface area (Å²) in [6, 6.07) is 100. The van der Waals surface area contributed by atoms with Crippen molar-refractivity contribution in [3.8, 4) is 11.1 Å². The molecule has 0 spiro atoms. The molecule has 1 aliphatic rings. The Labute approximate surface area is 497 Å². The highest BCUT2D eigenvalue weighted by Crippen LogP contribution is 2.58. The molecule has 0 N–H and O–H groups in total. The molecule has 0 bridgehead atoms. The van der Waals surface area contributed by atoms with Gasteiger partial charge in [0.25, 0.3) is 0 Å². The van der Waals surface area contributed by atoms with Crippen molar-refractivity contribution >= 4 is 138 Å². The number of anilines is 9. The fourth-order valence-corrected chi connectivity index (χ4v) is 14.0. The molecule has 0 aliphatic heterocycles. The maximum Gasteiger partial charge on any atom is 0.0703 e. The van der Waals surface area contributed by atoms with Gasteiger partial charge in [-0.05, 0) is 154 Å². The smallest absolute Gasteiger partial charge is 0.0703 e. The third-order valence-electron chi connectivity index (χ3n) is 18.0. The van der Waals surface area contributed by atoms with Crippen LogP contribution in [0, 0.1) is 0 Å². The first-order valence-electron chi connectivity index (χ1n) is 29.5. The molecule has 0 radical (unpaired) electrons. The SMILES string of the molecule is CC1(C)c2cc(N(c3ccc4ncccc4c3)c3cccc4ccccc34)ccc2-c2cc3c(N(c4ccc5ncccc5c4)c4cccc5ccccc45)c4ccccc4c(N(c4ccc5ncccc5c4)c4cccc5ccccc45)c3cc21. The number of hydrogen-bond donors (Lipinski definition) is 0. The summed E-state index contributed by atoms with van der Waals surface area (Å²) in [6.45, 7) is 4.84. The second-order valence-electron chi connectivity index (χ2n) is 23.2. The molecule has 6 heteroatoms. The maximum absolute atomic E-state index is 4.82. The first-order chi connectivity index (χ1) is 42.4. The Kier molecular flexibility index (Phi) is 11.2. The maximum atomic E-state index is 4.82. The van der Waals surface area contributed by atoms with Crippen molar-refractivity contribution in [3.05, 3.63) is 303 Å². The van der Waals surface area contributed by atoms with Gasteiger partial charge in [0.1, 0.15) is 0 Å². The topological polar surface area (TPSA) is 48.4 Å². The van der Waals surface area contributed by atoms with Crippen LogP contribution in [0.4, 0.5) is 51.2 Å². The average Bonchev–Trinajstić information content (AvgIpc) is 1.36. The van der Waals surface area contributed by atoms with Gasteiger partial charge in [0.15, 0.2) is 0 Å². The van der Waals surface area contributed by atoms with Gasteiger partial charge < -0.3 is 14.7 Å². The minimum Gasteiger partial charge on any atom is -0.310 e. The molecule has 0 saturated heterocycles. The standard InChI is InChI=1S/C80H54N6/c1-80(2)70-48-60(84(57-35-39-72-54(45-57)23-14-42-81-72)75-31-11-20-51-17-3-6-26-61(51)75)34-38-64(70)67-49-68-69(50-71(67)80)79(86(59-37-41-74-56(47-59)25-16-44-83-74)77-33-13-22-53-19-5-8-28-63(53)77)66-30-10-9-29-65(66)78(68)85(58-36-40-73-55(46-58)24-15-43-82-73)76-32-12-21-52-18-4-7-27-62(52)76/h3-50H,1-2H3. The summed E-state index contributed by atoms with van der Waals surface area (Å²) in [4.78, 5) is 21.9. The minimum atomic E-state index is -0.449. The fourth-order valence-electron chi connectivity index (χ4n) is 14.0. The van der Waals surface area contributed by atoms with E-state index in [1.807, 2.05) is 36.8 Å². The average molecular weight is 1100 g/mol. The highest BCUT2D eigenvalue weighted by atomic mass is 15.2. The largest absolute Gasteiger partial charge is 0.310 e. The summed E-state index contributed by atoms with van der Waals surface area (Å²) in [7, 11) is 0. The zero-order valence-electron chi connectivity index (χ0n) is 47.4. The molecule has 16 aromatic rings. The Morgan fingerprint density at radius 1 is 0.256 bits per heavy atom. The Bertz CT molecular complexity index is 5440. The Balaban J connectivity index is 0.990. The van der Waals surface area contributed by atoms with Gasteiger partial charge >= 0.3 is 0 Å². The molecule has 3 aromatic heterocycles. The van der Waals surface area contributed by atoms with E-state index < -0.39 is 5.41 Å². The van der Waals surface area contributed by atoms with Crippen LogP contribution >= 0.6 is 0 Å². The first kappa shape index (κ1) is 49.4. The number of hydrogen-bond acceptors (Lipinski definition) is 6. The number of nitrogens with zero attached hydrogens (tertiary/aromatic N) is 6. The van der Waals surface area contributed by atoms with Crippen LogP contribution in [0.25, 0.3) is 97.7 Å². The van der Waals surface area contributed by atoms with E-state index in [0.717, 1.165) is 116 Å². The molecule has 6 nitrogen and oxygen atoms in total. The summed E-state index contributed by atoms with van der Waals surface area (Å²) in [5, 5.41) is 14.7. The third kappa shape index (κ3) is 7.77. The molecule has 86 heavy (non-hydrogen) atoms. The molecule has 0 saturated carbocycles. The van der Waals surface area contributed by atoms with Gasteiger partial charge in [-0.2, -0.15) is 0 Å². The van der Waals surface area contributed by atoms with E-state index >= 15 is 0 Å². The van der Waals surface area contributed by atoms with E-state index in [-0.39, 0.29) is 0 Å². The van der Waals surface area contributed by atoms with Crippen molar-refractivity contribution in [2.75, 3.05) is 14.7 Å². The minimum absolute atomic E-state index is 0.449. The molecular weight excluding hydrogens is 1040 g/mol. The van der Waals surface area contributed by atoms with E-state index in [1.165, 1.54) is 43.8 Å². The van der Waals surface area contributed by atoms with E-state index in [2.05, 4.69) is 283 Å². The van der Waals surface area contributed by atoms with Crippen molar-refractivity contribution in [2.45, 2.75) is 19.3 Å². The summed E-state index contributed by atoms with van der Waals surface area (Å²) < 4.78 is 0. The molecule has 3 heterocycles. The van der Waals surface area contributed by atoms with Crippen molar-refractivity contribution < 1.29 is 0 Å². The lowest BCUT2D eigenvalue weighted by atomic mass is 9.81. The molecule has 1 aliphatic carbocycles. The number of aromatic nitrogens is 3. The van der Waals surface area contributed by atoms with E-state index in [1.54, 1.807) is 0 Å². The van der Waals surface area contributed by atoms with Gasteiger partial charge in [-0.15, -0.1) is 0 Å². The Morgan fingerprint density at radius 3 is 1.07 bits per heavy atom. The van der Waals surface area contributed by atoms with Crippen molar-refractivity contribution in [3.63, 3.8) is 0 Å². The Hall–Kier alpha value is -11.2. The predicted molar refractivity (Wildman–Crippen MR) is 361 cm³/mol. The lowest BCUT2D eigenvalue weighted by molar-refractivity contribution is 0.661. The Morgan fingerprint density at radius 2 is 0.605 bits per heavy atom. The van der Waals surface area contributed by atoms with Crippen LogP contribution in [0.3, 0.4) is 0 Å². The van der Waals surface area contributed by atoms with Crippen LogP contribution in [0.2, 0.25) is 0 Å². The molecular formula is C80H54N6. The van der Waals surface area contributed by atoms with Gasteiger partial charge in [-0.25, -0.2) is 0 Å². The molecule has 13 aromatic carbocycles. The summed E-state index contributed by atoms with van der Waals surface area (Å²) in [6.07, 6.45) is 5.63. The van der Waals surface area contributed by atoms with Gasteiger partial charge in [-0.3, -0.25) is 15.0 Å². The molecule has 17 rings (SSSR count). The van der Waals surface area contributed by atoms with E-state index in [9.17, 15) is 0 Å². The van der Waals surface area contributed by atoms with Crippen molar-refractivity contribution in [1.82, 2.24) is 15.0 Å². The number of rotatable bonds is 9. The fraction of sp³-hybridized carbons (Fsp3) is 0.0375. The normalized spacial score (nSPS) is 12.6. The van der Waals surface area contributed by atoms with Crippen LogP contribution in [-0.4, -0.2) is 15.0 Å². The van der Waals surface area contributed by atoms with Crippen LogP contribution in [-0.2, 0) is 5.41 Å². The zero-order valence-corrected chi connectivity index (χ0v) is 47.4. The highest BCUT2D eigenvalue weighted by Gasteiger charge is 2.39. The number of fused-ring (bicyclic) bond motifs is 11. The lowest BCUT2D eigenvalue weighted by Gasteiger charge is -2.34. The van der Waals surface area contributed by atoms with Crippen LogP contribution in [0.1, 0.15) is 25.0 Å². The van der Waals surface area contributed by atoms with E-state index in [4.69, 9.17) is 15.0 Å². The van der Waals surface area contributed by atoms with Crippen LogP contribution in [0.5, 0.6) is 0 Å². The van der Waals surface area contributed by atoms with Crippen LogP contribution < -0.4 is 14.7 Å². The van der Waals surface area contributed by atoms with Crippen molar-refractivity contribution in [2.24, 2.45) is 0 Å². The predicted octanol–water partition coefficient (Wildman–Crippen LogP) is 21.8. The molecule has 404 valence electrons. The second-order valence-corrected chi connectivity index (χ2v) is 23.2. The highest BCUT2D eigenvalue weighted by molar-refractivity contribution is 6.26. The number of benzene rings is 13. The third-order valence-corrected chi connectivity index (χ3v) is 18.0. The molecule has 0 amide bonds. The van der Waals surface area contributed by atoms with Gasteiger partial charge in [-0.1, -0.05) is 172 Å². The van der Waals surface area contributed by atoms with E-state index in [0.29, 0.717) is 0 Å². The van der Waals surface area contributed by atoms with Gasteiger partial charge in [0.2, 0.25) is 0 Å². The second kappa shape index (κ2) is 19.4. The lowest BCUT2D eigenvalue weighted by Crippen LogP contribution is -2.18. The summed E-state index contributed by atoms with van der Waals surface area (Å²) >= 11 is 0. The van der Waals surface area contributed by atoms with Crippen molar-refractivity contribution in [1.29, 1.82) is 0 Å².